The van der Waals surface area contributed by atoms with Crippen LogP contribution in [-0.4, -0.2) is 13.0 Å². The third-order valence-corrected chi connectivity index (χ3v) is 4.34. The van der Waals surface area contributed by atoms with E-state index in [0.717, 1.165) is 22.4 Å². The molecule has 27 heavy (non-hydrogen) atoms. The van der Waals surface area contributed by atoms with Gasteiger partial charge in [-0.15, -0.1) is 0 Å². The number of rotatable bonds is 6. The third-order valence-electron chi connectivity index (χ3n) is 4.34. The molecule has 4 heteroatoms. The number of amides is 1. The van der Waals surface area contributed by atoms with Crippen molar-refractivity contribution in [1.82, 2.24) is 0 Å². The monoisotopic (exact) mass is 360 g/mol. The molecule has 3 aromatic rings. The van der Waals surface area contributed by atoms with E-state index in [1.807, 2.05) is 86.6 Å². The molecular formula is C23H24N2O2. The van der Waals surface area contributed by atoms with Crippen LogP contribution in [0.5, 0.6) is 5.75 Å². The highest BCUT2D eigenvalue weighted by Gasteiger charge is 2.21. The minimum absolute atomic E-state index is 0.147. The Hall–Kier alpha value is -3.27. The van der Waals surface area contributed by atoms with Crippen molar-refractivity contribution in [3.05, 3.63) is 89.5 Å². The van der Waals surface area contributed by atoms with Crippen molar-refractivity contribution in [2.45, 2.75) is 19.9 Å². The van der Waals surface area contributed by atoms with Crippen LogP contribution in [0.3, 0.4) is 0 Å². The first-order valence-electron chi connectivity index (χ1n) is 8.90. The number of carbonyl (C=O) groups is 1. The van der Waals surface area contributed by atoms with Gasteiger partial charge in [-0.1, -0.05) is 48.5 Å². The Kier molecular flexibility index (Phi) is 5.77. The lowest BCUT2D eigenvalue weighted by Crippen LogP contribution is -2.27. The Morgan fingerprint density at radius 2 is 1.63 bits per heavy atom. The Bertz CT molecular complexity index is 923. The lowest BCUT2D eigenvalue weighted by Gasteiger charge is -2.21. The van der Waals surface area contributed by atoms with Gasteiger partial charge in [-0.3, -0.25) is 4.79 Å². The third kappa shape index (κ3) is 4.67. The smallest absolute Gasteiger partial charge is 0.251 e. The number of benzene rings is 3. The van der Waals surface area contributed by atoms with E-state index in [9.17, 15) is 4.79 Å². The summed E-state index contributed by atoms with van der Waals surface area (Å²) >= 11 is 0. The highest BCUT2D eigenvalue weighted by atomic mass is 16.5. The second-order valence-corrected chi connectivity index (χ2v) is 6.55. The first-order chi connectivity index (χ1) is 13.1. The summed E-state index contributed by atoms with van der Waals surface area (Å²) in [6, 6.07) is 22.9. The van der Waals surface area contributed by atoms with Crippen molar-refractivity contribution in [2.75, 3.05) is 17.7 Å². The van der Waals surface area contributed by atoms with Crippen LogP contribution in [0, 0.1) is 13.8 Å². The maximum atomic E-state index is 13.2. The molecule has 1 atom stereocenters. The lowest BCUT2D eigenvalue weighted by atomic mass is 10.0. The molecule has 3 aromatic carbocycles. The number of methoxy groups -OCH3 is 1. The van der Waals surface area contributed by atoms with E-state index in [1.54, 1.807) is 7.11 Å². The first kappa shape index (κ1) is 18.5. The molecule has 0 fully saturated rings. The van der Waals surface area contributed by atoms with Gasteiger partial charge >= 0.3 is 0 Å². The zero-order chi connectivity index (χ0) is 19.2. The van der Waals surface area contributed by atoms with Gasteiger partial charge in [0.1, 0.15) is 11.8 Å². The molecule has 1 amide bonds. The van der Waals surface area contributed by atoms with E-state index >= 15 is 0 Å². The molecule has 0 saturated carbocycles. The van der Waals surface area contributed by atoms with E-state index in [0.29, 0.717) is 11.4 Å². The zero-order valence-corrected chi connectivity index (χ0v) is 15.8. The van der Waals surface area contributed by atoms with E-state index in [1.165, 1.54) is 0 Å². The van der Waals surface area contributed by atoms with Crippen LogP contribution < -0.4 is 15.4 Å². The van der Waals surface area contributed by atoms with Crippen molar-refractivity contribution in [3.8, 4) is 5.75 Å². The van der Waals surface area contributed by atoms with Crippen LogP contribution in [0.2, 0.25) is 0 Å². The number of anilines is 2. The predicted octanol–water partition coefficient (Wildman–Crippen LogP) is 5.10. The fourth-order valence-corrected chi connectivity index (χ4v) is 2.97. The summed E-state index contributed by atoms with van der Waals surface area (Å²) in [5.74, 6) is 0.489. The molecular weight excluding hydrogens is 336 g/mol. The van der Waals surface area contributed by atoms with Crippen molar-refractivity contribution < 1.29 is 9.53 Å². The van der Waals surface area contributed by atoms with Gasteiger partial charge in [0, 0.05) is 5.69 Å². The summed E-state index contributed by atoms with van der Waals surface area (Å²) in [7, 11) is 1.60. The van der Waals surface area contributed by atoms with Crippen LogP contribution in [-0.2, 0) is 4.79 Å². The molecule has 0 radical (unpaired) electrons. The second-order valence-electron chi connectivity index (χ2n) is 6.55. The molecule has 138 valence electrons. The number of nitrogens with one attached hydrogen (secondary N) is 2. The Labute approximate surface area is 160 Å². The number of hydrogen-bond donors (Lipinski definition) is 2. The molecule has 0 heterocycles. The fraction of sp³-hybridized carbons (Fsp3) is 0.174. The van der Waals surface area contributed by atoms with Crippen LogP contribution in [0.4, 0.5) is 11.4 Å². The minimum Gasteiger partial charge on any atom is -0.495 e. The van der Waals surface area contributed by atoms with Gasteiger partial charge in [0.25, 0.3) is 5.91 Å². The Morgan fingerprint density at radius 3 is 2.33 bits per heavy atom. The molecule has 0 aliphatic heterocycles. The van der Waals surface area contributed by atoms with Gasteiger partial charge in [-0.25, -0.2) is 0 Å². The molecule has 0 unspecified atom stereocenters. The lowest BCUT2D eigenvalue weighted by molar-refractivity contribution is -0.117. The quantitative estimate of drug-likeness (QED) is 0.643. The van der Waals surface area contributed by atoms with E-state index in [4.69, 9.17) is 4.74 Å². The topological polar surface area (TPSA) is 50.4 Å². The number of ether oxygens (including phenoxy) is 1. The van der Waals surface area contributed by atoms with Crippen molar-refractivity contribution in [1.29, 1.82) is 0 Å². The van der Waals surface area contributed by atoms with Gasteiger partial charge in [0.05, 0.1) is 12.8 Å². The van der Waals surface area contributed by atoms with Gasteiger partial charge < -0.3 is 15.4 Å². The van der Waals surface area contributed by atoms with Crippen LogP contribution >= 0.6 is 0 Å². The predicted molar refractivity (Wildman–Crippen MR) is 110 cm³/mol. The van der Waals surface area contributed by atoms with Gasteiger partial charge in [-0.05, 0) is 54.8 Å². The number of aryl methyl sites for hydroxylation is 2. The van der Waals surface area contributed by atoms with E-state index in [-0.39, 0.29) is 5.91 Å². The molecule has 0 aromatic heterocycles. The largest absolute Gasteiger partial charge is 0.495 e. The first-order valence-corrected chi connectivity index (χ1v) is 8.90. The molecule has 0 aliphatic rings. The molecule has 2 N–H and O–H groups in total. The van der Waals surface area contributed by atoms with Crippen molar-refractivity contribution in [3.63, 3.8) is 0 Å². The normalized spacial score (nSPS) is 11.5. The fourth-order valence-electron chi connectivity index (χ4n) is 2.97. The Balaban J connectivity index is 1.91. The maximum Gasteiger partial charge on any atom is 0.251 e. The summed E-state index contributed by atoms with van der Waals surface area (Å²) in [5.41, 5.74) is 4.63. The zero-order valence-electron chi connectivity index (χ0n) is 15.8. The van der Waals surface area contributed by atoms with Crippen LogP contribution in [0.15, 0.2) is 72.8 Å². The standard InChI is InChI=1S/C23H24N2O2/c1-16-8-7-11-19(14-16)24-22(18-9-5-4-6-10-18)23(26)25-20-15-17(2)12-13-21(20)27-3/h4-15,22,24H,1-3H3,(H,25,26)/t22-/m1/s1. The minimum atomic E-state index is -0.529. The average Bonchev–Trinajstić information content (AvgIpc) is 2.67. The second kappa shape index (κ2) is 8.41. The summed E-state index contributed by atoms with van der Waals surface area (Å²) in [5, 5.41) is 6.36. The summed E-state index contributed by atoms with van der Waals surface area (Å²) in [6.07, 6.45) is 0. The highest BCUT2D eigenvalue weighted by molar-refractivity contribution is 5.98. The van der Waals surface area contributed by atoms with Crippen molar-refractivity contribution in [2.24, 2.45) is 0 Å². The molecule has 0 spiro atoms. The van der Waals surface area contributed by atoms with E-state index in [2.05, 4.69) is 10.6 Å². The number of hydrogen-bond acceptors (Lipinski definition) is 3. The molecule has 0 bridgehead atoms. The number of carbonyl (C=O) groups excluding carboxylic acids is 1. The van der Waals surface area contributed by atoms with Gasteiger partial charge in [-0.2, -0.15) is 0 Å². The van der Waals surface area contributed by atoms with Gasteiger partial charge in [0.15, 0.2) is 0 Å². The summed E-state index contributed by atoms with van der Waals surface area (Å²) in [4.78, 5) is 13.2. The molecule has 0 saturated heterocycles. The SMILES string of the molecule is COc1ccc(C)cc1NC(=O)[C@H](Nc1cccc(C)c1)c1ccccc1. The molecule has 4 nitrogen and oxygen atoms in total. The van der Waals surface area contributed by atoms with Crippen LogP contribution in [0.1, 0.15) is 22.7 Å². The van der Waals surface area contributed by atoms with Crippen LogP contribution in [0.25, 0.3) is 0 Å². The highest BCUT2D eigenvalue weighted by Crippen LogP contribution is 2.28. The summed E-state index contributed by atoms with van der Waals surface area (Å²) in [6.45, 7) is 4.01. The van der Waals surface area contributed by atoms with Gasteiger partial charge in [0.2, 0.25) is 0 Å². The average molecular weight is 360 g/mol. The molecule has 3 rings (SSSR count). The van der Waals surface area contributed by atoms with E-state index < -0.39 is 6.04 Å². The molecule has 0 aliphatic carbocycles. The Morgan fingerprint density at radius 1 is 0.889 bits per heavy atom. The van der Waals surface area contributed by atoms with Crippen molar-refractivity contribution >= 4 is 17.3 Å². The summed E-state index contributed by atoms with van der Waals surface area (Å²) < 4.78 is 5.39. The maximum absolute atomic E-state index is 13.2.